The van der Waals surface area contributed by atoms with E-state index in [1.807, 2.05) is 12.1 Å². The lowest BCUT2D eigenvalue weighted by Gasteiger charge is -1.98. The molecule has 0 fully saturated rings. The largest absolute Gasteiger partial charge is 0.480 e. The summed E-state index contributed by atoms with van der Waals surface area (Å²) in [6, 6.07) is 5.37. The summed E-state index contributed by atoms with van der Waals surface area (Å²) in [5, 5.41) is 16.6. The minimum atomic E-state index is -1.05. The van der Waals surface area contributed by atoms with E-state index in [1.54, 1.807) is 6.07 Å². The predicted molar refractivity (Wildman–Crippen MR) is 74.8 cm³/mol. The van der Waals surface area contributed by atoms with E-state index < -0.39 is 12.6 Å². The van der Waals surface area contributed by atoms with Crippen LogP contribution in [-0.4, -0.2) is 27.9 Å². The minimum Gasteiger partial charge on any atom is -0.480 e. The smallest absolute Gasteiger partial charge is 0.329 e. The Bertz CT molecular complexity index is 602. The highest BCUT2D eigenvalue weighted by Crippen LogP contribution is 2.25. The lowest BCUT2D eigenvalue weighted by Crippen LogP contribution is -2.06. The van der Waals surface area contributed by atoms with Crippen LogP contribution in [0.3, 0.4) is 0 Å². The first-order chi connectivity index (χ1) is 9.06. The van der Waals surface area contributed by atoms with Gasteiger partial charge in [-0.2, -0.15) is 0 Å². The summed E-state index contributed by atoms with van der Waals surface area (Å²) in [4.78, 5) is 10.3. The van der Waals surface area contributed by atoms with Gasteiger partial charge in [-0.05, 0) is 40.8 Å². The first kappa shape index (κ1) is 14.2. The lowest BCUT2D eigenvalue weighted by molar-refractivity contribution is -0.142. The normalized spacial score (nSPS) is 10.6. The van der Waals surface area contributed by atoms with Crippen LogP contribution < -0.4 is 0 Å². The molecule has 1 heterocycles. The van der Waals surface area contributed by atoms with Crippen LogP contribution in [0.25, 0.3) is 11.5 Å². The Labute approximate surface area is 126 Å². The molecular formula is C11H8ClIN2O4. The maximum absolute atomic E-state index is 10.3. The Morgan fingerprint density at radius 2 is 2.26 bits per heavy atom. The molecule has 0 saturated carbocycles. The van der Waals surface area contributed by atoms with Crippen LogP contribution in [0.15, 0.2) is 22.6 Å². The zero-order valence-corrected chi connectivity index (χ0v) is 12.4. The molecule has 0 bridgehead atoms. The van der Waals surface area contributed by atoms with Crippen molar-refractivity contribution in [2.75, 3.05) is 6.61 Å². The molecule has 0 amide bonds. The maximum Gasteiger partial charge on any atom is 0.329 e. The van der Waals surface area contributed by atoms with E-state index in [1.165, 1.54) is 0 Å². The Kier molecular flexibility index (Phi) is 4.72. The third-order valence-electron chi connectivity index (χ3n) is 2.08. The third-order valence-corrected chi connectivity index (χ3v) is 3.66. The number of hydrogen-bond donors (Lipinski definition) is 1. The van der Waals surface area contributed by atoms with E-state index in [9.17, 15) is 4.79 Å². The van der Waals surface area contributed by atoms with Gasteiger partial charge in [-0.25, -0.2) is 4.79 Å². The van der Waals surface area contributed by atoms with Crippen molar-refractivity contribution in [3.63, 3.8) is 0 Å². The molecule has 0 saturated heterocycles. The summed E-state index contributed by atoms with van der Waals surface area (Å²) in [5.41, 5.74) is 0.697. The van der Waals surface area contributed by atoms with Crippen LogP contribution >= 0.6 is 34.2 Å². The van der Waals surface area contributed by atoms with Gasteiger partial charge in [-0.1, -0.05) is 11.6 Å². The van der Waals surface area contributed by atoms with Crippen LogP contribution in [0.1, 0.15) is 5.89 Å². The number of aromatic nitrogens is 2. The van der Waals surface area contributed by atoms with E-state index in [0.29, 0.717) is 16.5 Å². The molecule has 0 aliphatic rings. The van der Waals surface area contributed by atoms with Crippen molar-refractivity contribution >= 4 is 40.2 Å². The van der Waals surface area contributed by atoms with E-state index >= 15 is 0 Å². The zero-order valence-electron chi connectivity index (χ0n) is 9.47. The number of carboxylic acids is 1. The van der Waals surface area contributed by atoms with Crippen molar-refractivity contribution in [2.45, 2.75) is 6.61 Å². The molecule has 2 aromatic rings. The SMILES string of the molecule is O=C(O)COCc1nnc(-c2ccc(I)c(Cl)c2)o1. The molecule has 0 aliphatic carbocycles. The second-order valence-electron chi connectivity index (χ2n) is 3.52. The van der Waals surface area contributed by atoms with Crippen LogP contribution in [0.4, 0.5) is 0 Å². The summed E-state index contributed by atoms with van der Waals surface area (Å²) in [6.45, 7) is -0.454. The molecule has 1 aromatic carbocycles. The maximum atomic E-state index is 10.3. The van der Waals surface area contributed by atoms with Gasteiger partial charge < -0.3 is 14.3 Å². The Balaban J connectivity index is 2.07. The standard InChI is InChI=1S/C11H8ClIN2O4/c12-7-3-6(1-2-8(7)13)11-15-14-9(19-11)4-18-5-10(16)17/h1-3H,4-5H2,(H,16,17). The number of hydrogen-bond acceptors (Lipinski definition) is 5. The molecule has 2 rings (SSSR count). The fourth-order valence-corrected chi connectivity index (χ4v) is 1.80. The summed E-state index contributed by atoms with van der Waals surface area (Å²) in [7, 11) is 0. The van der Waals surface area contributed by atoms with Crippen molar-refractivity contribution < 1.29 is 19.1 Å². The predicted octanol–water partition coefficient (Wildman–Crippen LogP) is 2.60. The molecule has 19 heavy (non-hydrogen) atoms. The van der Waals surface area contributed by atoms with Crippen molar-refractivity contribution in [2.24, 2.45) is 0 Å². The number of nitrogens with zero attached hydrogens (tertiary/aromatic N) is 2. The van der Waals surface area contributed by atoms with E-state index in [0.717, 1.165) is 3.57 Å². The number of carboxylic acid groups (broad SMARTS) is 1. The van der Waals surface area contributed by atoms with Crippen LogP contribution in [0, 0.1) is 3.57 Å². The second-order valence-corrected chi connectivity index (χ2v) is 5.09. The monoisotopic (exact) mass is 394 g/mol. The quantitative estimate of drug-likeness (QED) is 0.785. The number of ether oxygens (including phenoxy) is 1. The average Bonchev–Trinajstić information content (AvgIpc) is 2.81. The Morgan fingerprint density at radius 3 is 2.95 bits per heavy atom. The summed E-state index contributed by atoms with van der Waals surface area (Å²) in [6.07, 6.45) is 0. The highest BCUT2D eigenvalue weighted by Gasteiger charge is 2.10. The summed E-state index contributed by atoms with van der Waals surface area (Å²) >= 11 is 8.12. The van der Waals surface area contributed by atoms with Crippen molar-refractivity contribution in [1.82, 2.24) is 10.2 Å². The number of rotatable bonds is 5. The Morgan fingerprint density at radius 1 is 1.47 bits per heavy atom. The molecule has 100 valence electrons. The molecule has 1 aromatic heterocycles. The van der Waals surface area contributed by atoms with Gasteiger partial charge in [0.25, 0.3) is 0 Å². The van der Waals surface area contributed by atoms with Crippen molar-refractivity contribution in [3.05, 3.63) is 32.7 Å². The average molecular weight is 395 g/mol. The number of benzene rings is 1. The van der Waals surface area contributed by atoms with Crippen LogP contribution in [0.2, 0.25) is 5.02 Å². The van der Waals surface area contributed by atoms with E-state index in [4.69, 9.17) is 25.9 Å². The fourth-order valence-electron chi connectivity index (χ4n) is 1.28. The highest BCUT2D eigenvalue weighted by atomic mass is 127. The summed E-state index contributed by atoms with van der Waals surface area (Å²) in [5.74, 6) is -0.526. The van der Waals surface area contributed by atoms with Gasteiger partial charge in [0.2, 0.25) is 11.8 Å². The molecule has 0 unspecified atom stereocenters. The van der Waals surface area contributed by atoms with Gasteiger partial charge in [0.05, 0.1) is 5.02 Å². The molecule has 0 aliphatic heterocycles. The highest BCUT2D eigenvalue weighted by molar-refractivity contribution is 14.1. The summed E-state index contributed by atoms with van der Waals surface area (Å²) < 4.78 is 11.1. The molecular weight excluding hydrogens is 386 g/mol. The fraction of sp³-hybridized carbons (Fsp3) is 0.182. The van der Waals surface area contributed by atoms with E-state index in [2.05, 4.69) is 32.8 Å². The zero-order chi connectivity index (χ0) is 13.8. The van der Waals surface area contributed by atoms with Crippen LogP contribution in [-0.2, 0) is 16.1 Å². The molecule has 0 radical (unpaired) electrons. The second kappa shape index (κ2) is 6.31. The minimum absolute atomic E-state index is 0.0442. The number of halogens is 2. The van der Waals surface area contributed by atoms with Gasteiger partial charge in [-0.15, -0.1) is 10.2 Å². The van der Waals surface area contributed by atoms with Gasteiger partial charge >= 0.3 is 5.97 Å². The van der Waals surface area contributed by atoms with Crippen LogP contribution in [0.5, 0.6) is 0 Å². The first-order valence-corrected chi connectivity index (χ1v) is 6.59. The van der Waals surface area contributed by atoms with Gasteiger partial charge in [0.1, 0.15) is 13.2 Å². The molecule has 0 spiro atoms. The number of aliphatic carboxylic acids is 1. The molecule has 0 atom stereocenters. The molecule has 6 nitrogen and oxygen atoms in total. The van der Waals surface area contributed by atoms with Gasteiger partial charge in [-0.3, -0.25) is 0 Å². The third kappa shape index (κ3) is 3.88. The molecule has 1 N–H and O–H groups in total. The van der Waals surface area contributed by atoms with E-state index in [-0.39, 0.29) is 12.5 Å². The number of carbonyl (C=O) groups is 1. The van der Waals surface area contributed by atoms with Crippen molar-refractivity contribution in [3.8, 4) is 11.5 Å². The van der Waals surface area contributed by atoms with Crippen molar-refractivity contribution in [1.29, 1.82) is 0 Å². The first-order valence-electron chi connectivity index (χ1n) is 5.13. The van der Waals surface area contributed by atoms with Gasteiger partial charge in [0, 0.05) is 9.13 Å². The lowest BCUT2D eigenvalue weighted by atomic mass is 10.2. The topological polar surface area (TPSA) is 85.5 Å². The Hall–Kier alpha value is -1.19. The van der Waals surface area contributed by atoms with Gasteiger partial charge in [0.15, 0.2) is 0 Å². The molecule has 8 heteroatoms.